The number of aromatic nitrogens is 4. The van der Waals surface area contributed by atoms with Gasteiger partial charge in [-0.1, -0.05) is 12.1 Å². The number of hydrogen-bond donors (Lipinski definition) is 2. The second-order valence-electron chi connectivity index (χ2n) is 8.05. The summed E-state index contributed by atoms with van der Waals surface area (Å²) in [6.45, 7) is -0.366. The van der Waals surface area contributed by atoms with Gasteiger partial charge in [-0.25, -0.2) is 15.0 Å². The average molecular weight is 536 g/mol. The molecule has 0 fully saturated rings. The summed E-state index contributed by atoms with van der Waals surface area (Å²) < 4.78 is 79.7. The van der Waals surface area contributed by atoms with Crippen LogP contribution >= 0.6 is 0 Å². The zero-order chi connectivity index (χ0) is 27.7. The Balaban J connectivity index is 1.73. The van der Waals surface area contributed by atoms with Crippen LogP contribution in [0.15, 0.2) is 55.0 Å². The van der Waals surface area contributed by atoms with Gasteiger partial charge in [-0.05, 0) is 24.3 Å². The molecule has 0 saturated carbocycles. The smallest absolute Gasteiger partial charge is 0.395 e. The van der Waals surface area contributed by atoms with Crippen molar-refractivity contribution in [2.75, 3.05) is 25.5 Å². The molecule has 4 rings (SSSR count). The van der Waals surface area contributed by atoms with E-state index in [1.807, 2.05) is 0 Å². The number of benzene rings is 1. The highest BCUT2D eigenvalue weighted by atomic mass is 19.4. The van der Waals surface area contributed by atoms with Gasteiger partial charge in [0.05, 0.1) is 34.6 Å². The minimum atomic E-state index is -4.77. The third-order valence-electron chi connectivity index (χ3n) is 5.44. The largest absolute Gasteiger partial charge is 0.419 e. The number of anilines is 2. The van der Waals surface area contributed by atoms with Gasteiger partial charge in [-0.3, -0.25) is 9.78 Å². The second-order valence-corrected chi connectivity index (χ2v) is 8.05. The number of nitrogens with zero attached hydrogens (tertiary/aromatic N) is 5. The van der Waals surface area contributed by atoms with E-state index in [0.717, 1.165) is 17.0 Å². The molecule has 14 heteroatoms. The number of amides is 1. The lowest BCUT2D eigenvalue weighted by atomic mass is 10.0. The number of rotatable bonds is 6. The van der Waals surface area contributed by atoms with Crippen LogP contribution in [0.5, 0.6) is 0 Å². The van der Waals surface area contributed by atoms with Gasteiger partial charge in [-0.2, -0.15) is 26.3 Å². The van der Waals surface area contributed by atoms with Crippen LogP contribution in [-0.4, -0.2) is 56.0 Å². The summed E-state index contributed by atoms with van der Waals surface area (Å²) in [6.07, 6.45) is -6.79. The third kappa shape index (κ3) is 5.64. The fourth-order valence-electron chi connectivity index (χ4n) is 3.54. The van der Waals surface area contributed by atoms with E-state index in [1.54, 1.807) is 0 Å². The molecule has 3 heterocycles. The van der Waals surface area contributed by atoms with E-state index in [-0.39, 0.29) is 35.9 Å². The predicted octanol–water partition coefficient (Wildman–Crippen LogP) is 4.93. The molecular weight excluding hydrogens is 518 g/mol. The van der Waals surface area contributed by atoms with Crippen molar-refractivity contribution in [3.8, 4) is 11.3 Å². The molecule has 1 aromatic carbocycles. The van der Waals surface area contributed by atoms with Gasteiger partial charge in [0.2, 0.25) is 5.95 Å². The number of carbonyl (C=O) groups excluding carboxylic acids is 1. The van der Waals surface area contributed by atoms with Crippen molar-refractivity contribution in [1.29, 1.82) is 0 Å². The summed E-state index contributed by atoms with van der Waals surface area (Å²) in [5.41, 5.74) is -2.21. The Morgan fingerprint density at radius 3 is 2.32 bits per heavy atom. The lowest BCUT2D eigenvalue weighted by Gasteiger charge is -2.18. The van der Waals surface area contributed by atoms with Gasteiger partial charge in [-0.15, -0.1) is 0 Å². The van der Waals surface area contributed by atoms with E-state index in [2.05, 4.69) is 25.3 Å². The number of aliphatic hydroxyl groups excluding tert-OH is 1. The summed E-state index contributed by atoms with van der Waals surface area (Å²) in [7, 11) is 1.38. The first-order chi connectivity index (χ1) is 17.9. The maximum Gasteiger partial charge on any atom is 0.419 e. The molecule has 0 spiro atoms. The number of nitrogens with one attached hydrogen (secondary N) is 1. The molecule has 4 aromatic rings. The lowest BCUT2D eigenvalue weighted by molar-refractivity contribution is -0.138. The number of pyridine rings is 2. The van der Waals surface area contributed by atoms with Crippen molar-refractivity contribution in [1.82, 2.24) is 24.8 Å². The van der Waals surface area contributed by atoms with Crippen LogP contribution in [0.1, 0.15) is 21.6 Å². The molecule has 0 radical (unpaired) electrons. The van der Waals surface area contributed by atoms with Gasteiger partial charge >= 0.3 is 12.4 Å². The van der Waals surface area contributed by atoms with E-state index in [1.165, 1.54) is 37.5 Å². The highest BCUT2D eigenvalue weighted by molar-refractivity contribution is 5.96. The fraction of sp³-hybridized carbons (Fsp3) is 0.208. The fourth-order valence-corrected chi connectivity index (χ4v) is 3.54. The Morgan fingerprint density at radius 1 is 0.974 bits per heavy atom. The van der Waals surface area contributed by atoms with Crippen LogP contribution in [0.3, 0.4) is 0 Å². The number of carbonyl (C=O) groups is 1. The Labute approximate surface area is 211 Å². The minimum Gasteiger partial charge on any atom is -0.395 e. The summed E-state index contributed by atoms with van der Waals surface area (Å²) >= 11 is 0. The van der Waals surface area contributed by atoms with Crippen molar-refractivity contribution in [2.45, 2.75) is 12.4 Å². The number of hydrogen-bond acceptors (Lipinski definition) is 7. The molecule has 0 aliphatic rings. The monoisotopic (exact) mass is 536 g/mol. The van der Waals surface area contributed by atoms with Gasteiger partial charge in [0.15, 0.2) is 0 Å². The van der Waals surface area contributed by atoms with Crippen molar-refractivity contribution in [3.63, 3.8) is 0 Å². The first-order valence-corrected chi connectivity index (χ1v) is 10.9. The molecule has 0 saturated heterocycles. The molecule has 3 aromatic heterocycles. The molecule has 0 aliphatic carbocycles. The lowest BCUT2D eigenvalue weighted by Crippen LogP contribution is -2.30. The van der Waals surface area contributed by atoms with E-state index in [0.29, 0.717) is 23.5 Å². The zero-order valence-corrected chi connectivity index (χ0v) is 19.5. The Hall–Kier alpha value is -4.33. The van der Waals surface area contributed by atoms with Crippen molar-refractivity contribution >= 4 is 28.4 Å². The number of alkyl halides is 6. The first kappa shape index (κ1) is 26.7. The minimum absolute atomic E-state index is 0.0275. The van der Waals surface area contributed by atoms with Gasteiger partial charge < -0.3 is 15.3 Å². The Bertz CT molecular complexity index is 1470. The van der Waals surface area contributed by atoms with Gasteiger partial charge in [0, 0.05) is 43.1 Å². The highest BCUT2D eigenvalue weighted by Crippen LogP contribution is 2.38. The van der Waals surface area contributed by atoms with E-state index in [4.69, 9.17) is 5.11 Å². The molecule has 8 nitrogen and oxygen atoms in total. The van der Waals surface area contributed by atoms with Crippen LogP contribution in [0.4, 0.5) is 38.0 Å². The van der Waals surface area contributed by atoms with Crippen LogP contribution in [0.25, 0.3) is 22.2 Å². The number of aliphatic hydroxyl groups is 1. The molecular formula is C24H18F6N6O2. The maximum atomic E-state index is 13.8. The first-order valence-electron chi connectivity index (χ1n) is 10.9. The molecule has 198 valence electrons. The van der Waals surface area contributed by atoms with E-state index < -0.39 is 35.1 Å². The molecule has 0 aliphatic heterocycles. The summed E-state index contributed by atoms with van der Waals surface area (Å²) in [4.78, 5) is 29.2. The van der Waals surface area contributed by atoms with Crippen LogP contribution in [0.2, 0.25) is 0 Å². The van der Waals surface area contributed by atoms with E-state index in [9.17, 15) is 31.1 Å². The molecule has 2 N–H and O–H groups in total. The number of halogens is 6. The zero-order valence-electron chi connectivity index (χ0n) is 19.5. The summed E-state index contributed by atoms with van der Waals surface area (Å²) in [5.74, 6) is -0.801. The van der Waals surface area contributed by atoms with Crippen LogP contribution in [0, 0.1) is 0 Å². The molecule has 0 unspecified atom stereocenters. The highest BCUT2D eigenvalue weighted by Gasteiger charge is 2.35. The second kappa shape index (κ2) is 10.2. The average Bonchev–Trinajstić information content (AvgIpc) is 2.87. The topological polar surface area (TPSA) is 104 Å². The van der Waals surface area contributed by atoms with Crippen LogP contribution < -0.4 is 5.32 Å². The predicted molar refractivity (Wildman–Crippen MR) is 124 cm³/mol. The number of likely N-dealkylation sites (N-methyl/N-ethyl adjacent to an activating group) is 1. The van der Waals surface area contributed by atoms with E-state index >= 15 is 0 Å². The Morgan fingerprint density at radius 2 is 1.68 bits per heavy atom. The molecule has 38 heavy (non-hydrogen) atoms. The SMILES string of the molecule is CN(CCO)C(=O)c1ccc(C(F)(F)F)c(-c2ccc3c(Nc4ncc(C(F)(F)F)cn4)ccnc3c2)n1. The van der Waals surface area contributed by atoms with Crippen LogP contribution in [-0.2, 0) is 12.4 Å². The summed E-state index contributed by atoms with van der Waals surface area (Å²) in [5, 5.41) is 12.2. The molecule has 0 bridgehead atoms. The Kier molecular flexibility index (Phi) is 7.18. The summed E-state index contributed by atoms with van der Waals surface area (Å²) in [6, 6.07) is 7.38. The molecule has 0 atom stereocenters. The number of fused-ring (bicyclic) bond motifs is 1. The normalized spacial score (nSPS) is 12.0. The van der Waals surface area contributed by atoms with Gasteiger partial charge in [0.25, 0.3) is 5.91 Å². The standard InChI is InChI=1S/C24H18F6N6O2/c1-36(8-9-37)21(38)18-5-4-16(24(28,29)30)20(34-18)13-2-3-15-17(6-7-31-19(15)10-13)35-22-32-11-14(12-33-22)23(25,26)27/h2-7,10-12,37H,8-9H2,1H3,(H,31,32,33,35). The van der Waals surface area contributed by atoms with Crippen molar-refractivity contribution in [3.05, 3.63) is 71.8 Å². The maximum absolute atomic E-state index is 13.8. The third-order valence-corrected chi connectivity index (χ3v) is 5.44. The van der Waals surface area contributed by atoms with Crippen molar-refractivity contribution in [2.24, 2.45) is 0 Å². The van der Waals surface area contributed by atoms with Gasteiger partial charge in [0.1, 0.15) is 5.69 Å². The molecule has 1 amide bonds. The van der Waals surface area contributed by atoms with Crippen molar-refractivity contribution < 1.29 is 36.2 Å². The quantitative estimate of drug-likeness (QED) is 0.337.